The summed E-state index contributed by atoms with van der Waals surface area (Å²) in [6.07, 6.45) is 8.85. The molecule has 0 atom stereocenters. The molecule has 3 rings (SSSR count). The van der Waals surface area contributed by atoms with Gasteiger partial charge in [-0.15, -0.1) is 0 Å². The average molecular weight is 448 g/mol. The molecule has 6 nitrogen and oxygen atoms in total. The highest BCUT2D eigenvalue weighted by Gasteiger charge is 2.10. The number of nitrogens with zero attached hydrogens (tertiary/aromatic N) is 2. The van der Waals surface area contributed by atoms with Crippen molar-refractivity contribution in [1.29, 1.82) is 0 Å². The van der Waals surface area contributed by atoms with Crippen LogP contribution in [-0.2, 0) is 17.8 Å². The highest BCUT2D eigenvalue weighted by molar-refractivity contribution is 5.86. The topological polar surface area (TPSA) is 65.4 Å². The summed E-state index contributed by atoms with van der Waals surface area (Å²) in [6.45, 7) is 7.57. The molecule has 1 amide bonds. The van der Waals surface area contributed by atoms with Crippen LogP contribution in [0, 0.1) is 0 Å². The number of rotatable bonds is 13. The lowest BCUT2D eigenvalue weighted by atomic mass is 10.2. The molecule has 0 spiro atoms. The molecule has 174 valence electrons. The highest BCUT2D eigenvalue weighted by Crippen LogP contribution is 2.29. The van der Waals surface area contributed by atoms with Crippen molar-refractivity contribution in [1.82, 2.24) is 14.9 Å². The summed E-state index contributed by atoms with van der Waals surface area (Å²) in [5.41, 5.74) is 3.24. The first-order chi connectivity index (χ1) is 16.2. The third-order valence-corrected chi connectivity index (χ3v) is 5.38. The second kappa shape index (κ2) is 12.5. The zero-order chi connectivity index (χ0) is 23.5. The van der Waals surface area contributed by atoms with Crippen LogP contribution in [0.3, 0.4) is 0 Å². The molecule has 1 heterocycles. The maximum absolute atomic E-state index is 11.3. The molecule has 0 bridgehead atoms. The summed E-state index contributed by atoms with van der Waals surface area (Å²) in [4.78, 5) is 16.2. The summed E-state index contributed by atoms with van der Waals surface area (Å²) in [6, 6.07) is 14.2. The second-order valence-corrected chi connectivity index (χ2v) is 7.73. The van der Waals surface area contributed by atoms with E-state index in [0.29, 0.717) is 13.2 Å². The van der Waals surface area contributed by atoms with Gasteiger partial charge in [-0.05, 0) is 62.1 Å². The number of ether oxygens (including phenoxy) is 2. The standard InChI is InChI=1S/C27H33N3O3/c1-4-11-21-15-16-24(25(20-21)32-3)33-19-9-8-18-30-23-13-7-6-12-22(23)29-26(30)14-10-17-28-27(31)5-2/h4-7,11-13,15-16,20H,2,8-10,14,17-19H2,1,3H3,(H,28,31)/b11-4+. The van der Waals surface area contributed by atoms with Crippen LogP contribution in [0.15, 0.2) is 61.2 Å². The van der Waals surface area contributed by atoms with E-state index in [2.05, 4.69) is 22.5 Å². The van der Waals surface area contributed by atoms with Crippen LogP contribution < -0.4 is 14.8 Å². The number of nitrogens with one attached hydrogen (secondary N) is 1. The number of hydrogen-bond acceptors (Lipinski definition) is 4. The third kappa shape index (κ3) is 6.72. The minimum atomic E-state index is -0.142. The lowest BCUT2D eigenvalue weighted by molar-refractivity contribution is -0.116. The highest BCUT2D eigenvalue weighted by atomic mass is 16.5. The molecule has 33 heavy (non-hydrogen) atoms. The van der Waals surface area contributed by atoms with E-state index in [-0.39, 0.29) is 5.91 Å². The molecule has 0 saturated heterocycles. The molecule has 0 unspecified atom stereocenters. The predicted molar refractivity (Wildman–Crippen MR) is 134 cm³/mol. The summed E-state index contributed by atoms with van der Waals surface area (Å²) in [7, 11) is 1.66. The molecular formula is C27H33N3O3. The summed E-state index contributed by atoms with van der Waals surface area (Å²) in [5.74, 6) is 2.42. The number of amides is 1. The predicted octanol–water partition coefficient (Wildman–Crippen LogP) is 5.17. The van der Waals surface area contributed by atoms with Crippen LogP contribution in [0.5, 0.6) is 11.5 Å². The smallest absolute Gasteiger partial charge is 0.243 e. The Labute approximate surface area is 195 Å². The zero-order valence-electron chi connectivity index (χ0n) is 19.5. The van der Waals surface area contributed by atoms with Crippen molar-refractivity contribution in [2.45, 2.75) is 39.2 Å². The van der Waals surface area contributed by atoms with E-state index in [1.807, 2.05) is 55.5 Å². The first-order valence-corrected chi connectivity index (χ1v) is 11.4. The lowest BCUT2D eigenvalue weighted by Gasteiger charge is -2.12. The summed E-state index contributed by atoms with van der Waals surface area (Å²) >= 11 is 0. The van der Waals surface area contributed by atoms with Crippen LogP contribution in [0.25, 0.3) is 17.1 Å². The fourth-order valence-electron chi connectivity index (χ4n) is 3.75. The Morgan fingerprint density at radius 2 is 2.00 bits per heavy atom. The quantitative estimate of drug-likeness (QED) is 0.290. The fourth-order valence-corrected chi connectivity index (χ4v) is 3.75. The Kier molecular flexibility index (Phi) is 9.12. The number of carbonyl (C=O) groups excluding carboxylic acids is 1. The zero-order valence-corrected chi connectivity index (χ0v) is 19.5. The van der Waals surface area contributed by atoms with Crippen LogP contribution in [0.4, 0.5) is 0 Å². The van der Waals surface area contributed by atoms with Crippen LogP contribution >= 0.6 is 0 Å². The number of benzene rings is 2. The van der Waals surface area contributed by atoms with Gasteiger partial charge in [0, 0.05) is 19.5 Å². The SMILES string of the molecule is C=CC(=O)NCCCc1nc2ccccc2n1CCCCOc1ccc(/C=C/C)cc1OC. The van der Waals surface area contributed by atoms with Gasteiger partial charge in [0.1, 0.15) is 5.82 Å². The van der Waals surface area contributed by atoms with Crippen LogP contribution in [-0.4, -0.2) is 35.7 Å². The monoisotopic (exact) mass is 447 g/mol. The third-order valence-electron chi connectivity index (χ3n) is 5.38. The van der Waals surface area contributed by atoms with E-state index in [1.165, 1.54) is 6.08 Å². The molecule has 0 fully saturated rings. The van der Waals surface area contributed by atoms with Gasteiger partial charge in [0.25, 0.3) is 0 Å². The average Bonchev–Trinajstić information content (AvgIpc) is 3.19. The van der Waals surface area contributed by atoms with Crippen molar-refractivity contribution in [3.8, 4) is 11.5 Å². The Balaban J connectivity index is 1.55. The Hall–Kier alpha value is -3.54. The number of hydrogen-bond donors (Lipinski definition) is 1. The number of aromatic nitrogens is 2. The number of methoxy groups -OCH3 is 1. The molecular weight excluding hydrogens is 414 g/mol. The van der Waals surface area contributed by atoms with Crippen molar-refractivity contribution >= 4 is 23.0 Å². The van der Waals surface area contributed by atoms with Gasteiger partial charge in [-0.3, -0.25) is 4.79 Å². The lowest BCUT2D eigenvalue weighted by Crippen LogP contribution is -2.22. The van der Waals surface area contributed by atoms with E-state index < -0.39 is 0 Å². The van der Waals surface area contributed by atoms with Crippen molar-refractivity contribution in [3.05, 3.63) is 72.6 Å². The molecule has 0 aliphatic carbocycles. The van der Waals surface area contributed by atoms with E-state index in [0.717, 1.165) is 66.1 Å². The second-order valence-electron chi connectivity index (χ2n) is 7.73. The number of imidazole rings is 1. The molecule has 1 N–H and O–H groups in total. The Bertz CT molecular complexity index is 1100. The molecule has 6 heteroatoms. The summed E-state index contributed by atoms with van der Waals surface area (Å²) < 4.78 is 13.8. The molecule has 0 radical (unpaired) electrons. The molecule has 0 aliphatic rings. The van der Waals surface area contributed by atoms with Crippen molar-refractivity contribution in [2.75, 3.05) is 20.3 Å². The van der Waals surface area contributed by atoms with Gasteiger partial charge in [0.15, 0.2) is 11.5 Å². The largest absolute Gasteiger partial charge is 0.493 e. The van der Waals surface area contributed by atoms with E-state index in [9.17, 15) is 4.79 Å². The van der Waals surface area contributed by atoms with E-state index in [1.54, 1.807) is 7.11 Å². The van der Waals surface area contributed by atoms with Gasteiger partial charge in [0.2, 0.25) is 5.91 Å². The first-order valence-electron chi connectivity index (χ1n) is 11.4. The Morgan fingerprint density at radius 1 is 1.15 bits per heavy atom. The summed E-state index contributed by atoms with van der Waals surface area (Å²) in [5, 5.41) is 2.83. The van der Waals surface area contributed by atoms with Crippen LogP contribution in [0.2, 0.25) is 0 Å². The normalized spacial score (nSPS) is 11.1. The molecule has 0 aliphatic heterocycles. The minimum Gasteiger partial charge on any atom is -0.493 e. The minimum absolute atomic E-state index is 0.142. The van der Waals surface area contributed by atoms with Gasteiger partial charge in [-0.25, -0.2) is 4.98 Å². The maximum Gasteiger partial charge on any atom is 0.243 e. The van der Waals surface area contributed by atoms with Crippen molar-refractivity contribution in [3.63, 3.8) is 0 Å². The number of aryl methyl sites for hydroxylation is 2. The van der Waals surface area contributed by atoms with Gasteiger partial charge < -0.3 is 19.4 Å². The van der Waals surface area contributed by atoms with Crippen molar-refractivity contribution < 1.29 is 14.3 Å². The molecule has 1 aromatic heterocycles. The number of allylic oxidation sites excluding steroid dienone is 1. The number of para-hydroxylation sites is 2. The number of fused-ring (bicyclic) bond motifs is 1. The van der Waals surface area contributed by atoms with Gasteiger partial charge in [0.05, 0.1) is 24.8 Å². The molecule has 2 aromatic carbocycles. The van der Waals surface area contributed by atoms with Crippen LogP contribution in [0.1, 0.15) is 37.6 Å². The molecule has 0 saturated carbocycles. The number of unbranched alkanes of at least 4 members (excludes halogenated alkanes) is 1. The number of carbonyl (C=O) groups is 1. The maximum atomic E-state index is 11.3. The van der Waals surface area contributed by atoms with Gasteiger partial charge in [-0.2, -0.15) is 0 Å². The Morgan fingerprint density at radius 3 is 2.79 bits per heavy atom. The van der Waals surface area contributed by atoms with Gasteiger partial charge >= 0.3 is 0 Å². The van der Waals surface area contributed by atoms with Crippen molar-refractivity contribution in [2.24, 2.45) is 0 Å². The molecule has 3 aromatic rings. The van der Waals surface area contributed by atoms with Gasteiger partial charge in [-0.1, -0.05) is 36.9 Å². The van der Waals surface area contributed by atoms with E-state index in [4.69, 9.17) is 14.5 Å². The fraction of sp³-hybridized carbons (Fsp3) is 0.333. The first kappa shape index (κ1) is 24.1. The van der Waals surface area contributed by atoms with E-state index >= 15 is 0 Å².